The van der Waals surface area contributed by atoms with Gasteiger partial charge in [0.1, 0.15) is 17.3 Å². The molecule has 0 aliphatic carbocycles. The number of aldehydes is 1. The van der Waals surface area contributed by atoms with E-state index in [2.05, 4.69) is 4.98 Å². The summed E-state index contributed by atoms with van der Waals surface area (Å²) in [6, 6.07) is 5.01. The largest absolute Gasteiger partial charge is 0.497 e. The van der Waals surface area contributed by atoms with Crippen LogP contribution in [-0.2, 0) is 6.61 Å². The maximum atomic E-state index is 10.9. The topological polar surface area (TPSA) is 61.6 Å². The fraction of sp³-hybridized carbons (Fsp3) is 0.286. The Labute approximate surface area is 111 Å². The summed E-state index contributed by atoms with van der Waals surface area (Å²) in [5.41, 5.74) is 1.29. The Morgan fingerprint density at radius 2 is 2.16 bits per heavy atom. The molecular weight excluding hydrogens is 246 g/mol. The lowest BCUT2D eigenvalue weighted by Crippen LogP contribution is -1.99. The molecule has 1 aromatic heterocycles. The predicted octanol–water partition coefficient (Wildman–Crippen LogP) is 2.69. The molecule has 2 rings (SSSR count). The van der Waals surface area contributed by atoms with Crippen molar-refractivity contribution in [2.24, 2.45) is 0 Å². The molecule has 1 aromatic carbocycles. The molecule has 0 aliphatic rings. The molecule has 0 saturated heterocycles. The van der Waals surface area contributed by atoms with Gasteiger partial charge in [-0.15, -0.1) is 0 Å². The minimum absolute atomic E-state index is 0.169. The highest BCUT2D eigenvalue weighted by molar-refractivity contribution is 5.79. The van der Waals surface area contributed by atoms with Gasteiger partial charge in [0.15, 0.2) is 12.9 Å². The second-order valence-corrected chi connectivity index (χ2v) is 4.06. The normalized spacial score (nSPS) is 10.3. The van der Waals surface area contributed by atoms with E-state index in [1.807, 2.05) is 13.8 Å². The van der Waals surface area contributed by atoms with Crippen LogP contribution in [0, 0.1) is 13.8 Å². The molecule has 1 heterocycles. The molecule has 0 bridgehead atoms. The van der Waals surface area contributed by atoms with Crippen LogP contribution in [0.25, 0.3) is 0 Å². The highest BCUT2D eigenvalue weighted by Gasteiger charge is 2.09. The molecule has 0 fully saturated rings. The Hall–Kier alpha value is -2.30. The number of methoxy groups -OCH3 is 1. The zero-order valence-electron chi connectivity index (χ0n) is 11.1. The SMILES string of the molecule is COc1ccc(C=O)c(OCc2nc(C)c(C)o2)c1. The van der Waals surface area contributed by atoms with Crippen molar-refractivity contribution in [3.05, 3.63) is 41.1 Å². The number of carbonyl (C=O) groups excluding carboxylic acids is 1. The van der Waals surface area contributed by atoms with Gasteiger partial charge < -0.3 is 13.9 Å². The number of ether oxygens (including phenoxy) is 2. The first-order valence-corrected chi connectivity index (χ1v) is 5.83. The van der Waals surface area contributed by atoms with E-state index in [0.29, 0.717) is 23.0 Å². The molecule has 19 heavy (non-hydrogen) atoms. The zero-order valence-corrected chi connectivity index (χ0v) is 11.1. The number of hydrogen-bond donors (Lipinski definition) is 0. The van der Waals surface area contributed by atoms with Crippen molar-refractivity contribution < 1.29 is 18.7 Å². The minimum atomic E-state index is 0.169. The fourth-order valence-corrected chi connectivity index (χ4v) is 1.60. The van der Waals surface area contributed by atoms with Crippen molar-refractivity contribution in [3.8, 4) is 11.5 Å². The fourth-order valence-electron chi connectivity index (χ4n) is 1.60. The van der Waals surface area contributed by atoms with E-state index in [4.69, 9.17) is 13.9 Å². The summed E-state index contributed by atoms with van der Waals surface area (Å²) in [5.74, 6) is 2.32. The monoisotopic (exact) mass is 261 g/mol. The Bertz CT molecular complexity index is 570. The third kappa shape index (κ3) is 2.93. The van der Waals surface area contributed by atoms with Crippen molar-refractivity contribution in [1.29, 1.82) is 0 Å². The Kier molecular flexibility index (Phi) is 3.85. The number of oxazole rings is 1. The van der Waals surface area contributed by atoms with Crippen LogP contribution in [0.4, 0.5) is 0 Å². The molecule has 5 nitrogen and oxygen atoms in total. The van der Waals surface area contributed by atoms with Gasteiger partial charge in [-0.05, 0) is 26.0 Å². The molecule has 100 valence electrons. The van der Waals surface area contributed by atoms with E-state index < -0.39 is 0 Å². The van der Waals surface area contributed by atoms with Gasteiger partial charge in [-0.3, -0.25) is 4.79 Å². The number of nitrogens with zero attached hydrogens (tertiary/aromatic N) is 1. The number of hydrogen-bond acceptors (Lipinski definition) is 5. The van der Waals surface area contributed by atoms with Gasteiger partial charge in [0.05, 0.1) is 18.4 Å². The predicted molar refractivity (Wildman–Crippen MR) is 68.7 cm³/mol. The van der Waals surface area contributed by atoms with E-state index in [9.17, 15) is 4.79 Å². The van der Waals surface area contributed by atoms with Gasteiger partial charge >= 0.3 is 0 Å². The smallest absolute Gasteiger partial charge is 0.232 e. The van der Waals surface area contributed by atoms with Gasteiger partial charge in [0, 0.05) is 6.07 Å². The van der Waals surface area contributed by atoms with E-state index in [1.54, 1.807) is 25.3 Å². The molecular formula is C14H15NO4. The molecule has 0 spiro atoms. The summed E-state index contributed by atoms with van der Waals surface area (Å²) in [5, 5.41) is 0. The summed E-state index contributed by atoms with van der Waals surface area (Å²) < 4.78 is 16.1. The van der Waals surface area contributed by atoms with Gasteiger partial charge in [-0.25, -0.2) is 4.98 Å². The van der Waals surface area contributed by atoms with Crippen LogP contribution in [0.1, 0.15) is 27.7 Å². The molecule has 0 atom stereocenters. The van der Waals surface area contributed by atoms with Crippen molar-refractivity contribution in [3.63, 3.8) is 0 Å². The van der Waals surface area contributed by atoms with Crippen LogP contribution in [0.3, 0.4) is 0 Å². The van der Waals surface area contributed by atoms with E-state index >= 15 is 0 Å². The van der Waals surface area contributed by atoms with Crippen LogP contribution in [0.5, 0.6) is 11.5 Å². The summed E-state index contributed by atoms with van der Waals surface area (Å²) >= 11 is 0. The summed E-state index contributed by atoms with van der Waals surface area (Å²) in [6.45, 7) is 3.88. The quantitative estimate of drug-likeness (QED) is 0.774. The maximum absolute atomic E-state index is 10.9. The van der Waals surface area contributed by atoms with E-state index in [0.717, 1.165) is 17.7 Å². The van der Waals surface area contributed by atoms with E-state index in [-0.39, 0.29) is 6.61 Å². The van der Waals surface area contributed by atoms with Crippen molar-refractivity contribution >= 4 is 6.29 Å². The first kappa shape index (κ1) is 13.1. The highest BCUT2D eigenvalue weighted by Crippen LogP contribution is 2.24. The Morgan fingerprint density at radius 1 is 1.37 bits per heavy atom. The lowest BCUT2D eigenvalue weighted by atomic mass is 10.2. The van der Waals surface area contributed by atoms with Crippen LogP contribution in [0.15, 0.2) is 22.6 Å². The second-order valence-electron chi connectivity index (χ2n) is 4.06. The first-order valence-electron chi connectivity index (χ1n) is 5.83. The molecule has 2 aromatic rings. The lowest BCUT2D eigenvalue weighted by Gasteiger charge is -2.08. The zero-order chi connectivity index (χ0) is 13.8. The first-order chi connectivity index (χ1) is 9.13. The van der Waals surface area contributed by atoms with Crippen molar-refractivity contribution in [2.75, 3.05) is 7.11 Å². The Balaban J connectivity index is 2.15. The number of aryl methyl sites for hydroxylation is 2. The van der Waals surface area contributed by atoms with Gasteiger partial charge in [-0.1, -0.05) is 0 Å². The van der Waals surface area contributed by atoms with Crippen molar-refractivity contribution in [1.82, 2.24) is 4.98 Å². The molecule has 0 unspecified atom stereocenters. The number of benzene rings is 1. The maximum Gasteiger partial charge on any atom is 0.232 e. The van der Waals surface area contributed by atoms with Crippen molar-refractivity contribution in [2.45, 2.75) is 20.5 Å². The van der Waals surface area contributed by atoms with Crippen LogP contribution in [-0.4, -0.2) is 18.4 Å². The van der Waals surface area contributed by atoms with Crippen LogP contribution in [0.2, 0.25) is 0 Å². The van der Waals surface area contributed by atoms with Gasteiger partial charge in [-0.2, -0.15) is 0 Å². The summed E-state index contributed by atoms with van der Waals surface area (Å²) in [4.78, 5) is 15.1. The molecule has 0 aliphatic heterocycles. The number of aromatic nitrogens is 1. The average molecular weight is 261 g/mol. The molecule has 0 radical (unpaired) electrons. The number of rotatable bonds is 5. The van der Waals surface area contributed by atoms with Gasteiger partial charge in [0.2, 0.25) is 5.89 Å². The molecule has 0 N–H and O–H groups in total. The highest BCUT2D eigenvalue weighted by atomic mass is 16.5. The van der Waals surface area contributed by atoms with Crippen LogP contribution >= 0.6 is 0 Å². The Morgan fingerprint density at radius 3 is 2.74 bits per heavy atom. The number of carbonyl (C=O) groups is 1. The summed E-state index contributed by atoms with van der Waals surface area (Å²) in [7, 11) is 1.56. The van der Waals surface area contributed by atoms with E-state index in [1.165, 1.54) is 0 Å². The summed E-state index contributed by atoms with van der Waals surface area (Å²) in [6.07, 6.45) is 0.737. The molecule has 0 amide bonds. The molecule has 0 saturated carbocycles. The third-order valence-electron chi connectivity index (χ3n) is 2.77. The van der Waals surface area contributed by atoms with Crippen LogP contribution < -0.4 is 9.47 Å². The minimum Gasteiger partial charge on any atom is -0.497 e. The lowest BCUT2D eigenvalue weighted by molar-refractivity contribution is 0.111. The second kappa shape index (κ2) is 5.56. The van der Waals surface area contributed by atoms with Gasteiger partial charge in [0.25, 0.3) is 0 Å². The standard InChI is InChI=1S/C14H15NO4/c1-9-10(2)19-14(15-9)8-18-13-6-12(17-3)5-4-11(13)7-16/h4-7H,8H2,1-3H3. The average Bonchev–Trinajstić information content (AvgIpc) is 2.75. The third-order valence-corrected chi connectivity index (χ3v) is 2.77. The molecule has 5 heteroatoms.